The van der Waals surface area contributed by atoms with Gasteiger partial charge in [0, 0.05) is 32.2 Å². The van der Waals surface area contributed by atoms with E-state index in [0.29, 0.717) is 0 Å². The standard InChI is InChI=1S/C16H20N2O6S/c1-3-8-17-25(22,23)13-6-4-11(5-7-13)15(19)18-10-12(24-2)9-14(18)16(20)21/h3-7,12,14,17H,1,8-10H2,2H3,(H,20,21). The number of nitrogens with zero attached hydrogens (tertiary/aromatic N) is 1. The van der Waals surface area contributed by atoms with Gasteiger partial charge < -0.3 is 14.7 Å². The maximum Gasteiger partial charge on any atom is 0.326 e. The number of carboxylic acids is 1. The Hall–Kier alpha value is -2.23. The van der Waals surface area contributed by atoms with E-state index in [4.69, 9.17) is 4.74 Å². The molecule has 1 aliphatic heterocycles. The fourth-order valence-electron chi connectivity index (χ4n) is 2.62. The quantitative estimate of drug-likeness (QED) is 0.676. The number of sulfonamides is 1. The monoisotopic (exact) mass is 368 g/mol. The van der Waals surface area contributed by atoms with E-state index in [0.717, 1.165) is 0 Å². The number of ether oxygens (including phenoxy) is 1. The first-order valence-electron chi connectivity index (χ1n) is 7.57. The largest absolute Gasteiger partial charge is 0.480 e. The van der Waals surface area contributed by atoms with Gasteiger partial charge in [-0.15, -0.1) is 6.58 Å². The maximum atomic E-state index is 12.6. The molecule has 2 atom stereocenters. The normalized spacial score (nSPS) is 20.4. The molecule has 9 heteroatoms. The molecule has 1 heterocycles. The highest BCUT2D eigenvalue weighted by molar-refractivity contribution is 7.89. The van der Waals surface area contributed by atoms with Gasteiger partial charge in [-0.3, -0.25) is 4.79 Å². The van der Waals surface area contributed by atoms with E-state index >= 15 is 0 Å². The van der Waals surface area contributed by atoms with E-state index in [1.807, 2.05) is 0 Å². The molecule has 0 spiro atoms. The summed E-state index contributed by atoms with van der Waals surface area (Å²) in [7, 11) is -2.22. The zero-order valence-corrected chi connectivity index (χ0v) is 14.5. The van der Waals surface area contributed by atoms with Crippen LogP contribution >= 0.6 is 0 Å². The number of likely N-dealkylation sites (tertiary alicyclic amines) is 1. The molecule has 1 fully saturated rings. The van der Waals surface area contributed by atoms with Crippen molar-refractivity contribution in [1.82, 2.24) is 9.62 Å². The fourth-order valence-corrected chi connectivity index (χ4v) is 3.62. The Morgan fingerprint density at radius 1 is 1.40 bits per heavy atom. The zero-order valence-electron chi connectivity index (χ0n) is 13.7. The molecule has 8 nitrogen and oxygen atoms in total. The molecule has 136 valence electrons. The first kappa shape index (κ1) is 19.1. The molecule has 1 saturated heterocycles. The molecule has 0 radical (unpaired) electrons. The minimum atomic E-state index is -3.68. The number of amides is 1. The van der Waals surface area contributed by atoms with Gasteiger partial charge >= 0.3 is 5.97 Å². The van der Waals surface area contributed by atoms with Crippen LogP contribution in [0.1, 0.15) is 16.8 Å². The molecule has 0 bridgehead atoms. The van der Waals surface area contributed by atoms with Crippen molar-refractivity contribution >= 4 is 21.9 Å². The van der Waals surface area contributed by atoms with E-state index < -0.39 is 27.9 Å². The number of nitrogens with one attached hydrogen (secondary N) is 1. The predicted octanol–water partition coefficient (Wildman–Crippen LogP) is 0.465. The molecule has 2 unspecified atom stereocenters. The number of hydrogen-bond donors (Lipinski definition) is 2. The Morgan fingerprint density at radius 2 is 2.04 bits per heavy atom. The van der Waals surface area contributed by atoms with Crippen LogP contribution in [0.15, 0.2) is 41.8 Å². The number of benzene rings is 1. The van der Waals surface area contributed by atoms with Crippen molar-refractivity contribution in [2.45, 2.75) is 23.5 Å². The van der Waals surface area contributed by atoms with Crippen LogP contribution in [-0.2, 0) is 19.6 Å². The van der Waals surface area contributed by atoms with Crippen LogP contribution in [0, 0.1) is 0 Å². The van der Waals surface area contributed by atoms with E-state index in [9.17, 15) is 23.1 Å². The summed E-state index contributed by atoms with van der Waals surface area (Å²) in [4.78, 5) is 25.2. The third kappa shape index (κ3) is 4.25. The van der Waals surface area contributed by atoms with E-state index in [2.05, 4.69) is 11.3 Å². The summed E-state index contributed by atoms with van der Waals surface area (Å²) in [5.74, 6) is -1.57. The Balaban J connectivity index is 2.20. The van der Waals surface area contributed by atoms with E-state index in [-0.39, 0.29) is 36.1 Å². The summed E-state index contributed by atoms with van der Waals surface area (Å²) in [6.45, 7) is 3.70. The molecular formula is C16H20N2O6S. The Morgan fingerprint density at radius 3 is 2.56 bits per heavy atom. The average molecular weight is 368 g/mol. The van der Waals surface area contributed by atoms with Crippen molar-refractivity contribution in [3.05, 3.63) is 42.5 Å². The number of rotatable bonds is 7. The lowest BCUT2D eigenvalue weighted by Crippen LogP contribution is -2.40. The van der Waals surface area contributed by atoms with Crippen molar-refractivity contribution in [3.63, 3.8) is 0 Å². The maximum absolute atomic E-state index is 12.6. The molecular weight excluding hydrogens is 348 g/mol. The average Bonchev–Trinajstić information content (AvgIpc) is 3.04. The fraction of sp³-hybridized carbons (Fsp3) is 0.375. The van der Waals surface area contributed by atoms with Gasteiger partial charge in [0.25, 0.3) is 5.91 Å². The van der Waals surface area contributed by atoms with Gasteiger partial charge in [-0.05, 0) is 24.3 Å². The minimum Gasteiger partial charge on any atom is -0.480 e. The molecule has 1 aromatic carbocycles. The second kappa shape index (κ2) is 7.77. The number of carbonyl (C=O) groups excluding carboxylic acids is 1. The second-order valence-corrected chi connectivity index (χ2v) is 7.34. The van der Waals surface area contributed by atoms with Crippen LogP contribution in [0.4, 0.5) is 0 Å². The lowest BCUT2D eigenvalue weighted by atomic mass is 10.1. The first-order valence-corrected chi connectivity index (χ1v) is 9.05. The minimum absolute atomic E-state index is 0.0110. The summed E-state index contributed by atoms with van der Waals surface area (Å²) < 4.78 is 31.5. The third-order valence-corrected chi connectivity index (χ3v) is 5.41. The van der Waals surface area contributed by atoms with Crippen molar-refractivity contribution < 1.29 is 27.9 Å². The second-order valence-electron chi connectivity index (χ2n) is 5.57. The molecule has 25 heavy (non-hydrogen) atoms. The number of carboxylic acid groups (broad SMARTS) is 1. The van der Waals surface area contributed by atoms with Crippen molar-refractivity contribution in [2.75, 3.05) is 20.2 Å². The molecule has 0 saturated carbocycles. The smallest absolute Gasteiger partial charge is 0.326 e. The van der Waals surface area contributed by atoms with Crippen LogP contribution in [0.5, 0.6) is 0 Å². The Labute approximate surface area is 146 Å². The van der Waals surface area contributed by atoms with Gasteiger partial charge in [0.2, 0.25) is 10.0 Å². The number of methoxy groups -OCH3 is 1. The van der Waals surface area contributed by atoms with E-state index in [1.54, 1.807) is 0 Å². The Kier molecular flexibility index (Phi) is 5.93. The van der Waals surface area contributed by atoms with Crippen LogP contribution < -0.4 is 4.72 Å². The van der Waals surface area contributed by atoms with Crippen LogP contribution in [-0.4, -0.2) is 62.6 Å². The Bertz CT molecular complexity index is 759. The SMILES string of the molecule is C=CCNS(=O)(=O)c1ccc(C(=O)N2CC(OC)CC2C(=O)O)cc1. The summed E-state index contributed by atoms with van der Waals surface area (Å²) >= 11 is 0. The van der Waals surface area contributed by atoms with E-state index in [1.165, 1.54) is 42.4 Å². The number of carbonyl (C=O) groups is 2. The molecule has 1 amide bonds. The van der Waals surface area contributed by atoms with Gasteiger partial charge in [0.05, 0.1) is 11.0 Å². The summed E-state index contributed by atoms with van der Waals surface area (Å²) in [6, 6.07) is 4.37. The van der Waals surface area contributed by atoms with Gasteiger partial charge in [-0.25, -0.2) is 17.9 Å². The zero-order chi connectivity index (χ0) is 18.6. The topological polar surface area (TPSA) is 113 Å². The molecule has 2 rings (SSSR count). The highest BCUT2D eigenvalue weighted by Gasteiger charge is 2.40. The number of hydrogen-bond acceptors (Lipinski definition) is 5. The highest BCUT2D eigenvalue weighted by Crippen LogP contribution is 2.23. The van der Waals surface area contributed by atoms with Gasteiger partial charge in [-0.2, -0.15) is 0 Å². The first-order chi connectivity index (χ1) is 11.8. The van der Waals surface area contributed by atoms with Crippen LogP contribution in [0.3, 0.4) is 0 Å². The van der Waals surface area contributed by atoms with Crippen molar-refractivity contribution in [1.29, 1.82) is 0 Å². The van der Waals surface area contributed by atoms with Crippen LogP contribution in [0.2, 0.25) is 0 Å². The summed E-state index contributed by atoms with van der Waals surface area (Å²) in [5.41, 5.74) is 0.214. The summed E-state index contributed by atoms with van der Waals surface area (Å²) in [5, 5.41) is 9.28. The predicted molar refractivity (Wildman–Crippen MR) is 89.7 cm³/mol. The number of aliphatic carboxylic acids is 1. The van der Waals surface area contributed by atoms with Crippen molar-refractivity contribution in [3.8, 4) is 0 Å². The lowest BCUT2D eigenvalue weighted by Gasteiger charge is -2.21. The van der Waals surface area contributed by atoms with Crippen molar-refractivity contribution in [2.24, 2.45) is 0 Å². The molecule has 1 aliphatic rings. The third-order valence-electron chi connectivity index (χ3n) is 3.97. The van der Waals surface area contributed by atoms with Crippen LogP contribution in [0.25, 0.3) is 0 Å². The molecule has 0 aliphatic carbocycles. The lowest BCUT2D eigenvalue weighted by molar-refractivity contribution is -0.141. The molecule has 2 N–H and O–H groups in total. The highest BCUT2D eigenvalue weighted by atomic mass is 32.2. The summed E-state index contributed by atoms with van der Waals surface area (Å²) in [6.07, 6.45) is 1.30. The molecule has 1 aromatic rings. The van der Waals surface area contributed by atoms with Gasteiger partial charge in [0.15, 0.2) is 0 Å². The van der Waals surface area contributed by atoms with Gasteiger partial charge in [0.1, 0.15) is 6.04 Å². The molecule has 0 aromatic heterocycles. The van der Waals surface area contributed by atoms with Gasteiger partial charge in [-0.1, -0.05) is 6.08 Å².